The highest BCUT2D eigenvalue weighted by atomic mass is 31.2. The van der Waals surface area contributed by atoms with Crippen molar-refractivity contribution in [2.45, 2.75) is 110 Å². The first-order chi connectivity index (χ1) is 16.1. The maximum atomic E-state index is 12.2. The van der Waals surface area contributed by atoms with Crippen molar-refractivity contribution in [3.63, 3.8) is 0 Å². The second-order valence-electron chi connectivity index (χ2n) is 10.7. The first-order valence-corrected chi connectivity index (χ1v) is 15.4. The Morgan fingerprint density at radius 2 is 1.32 bits per heavy atom. The van der Waals surface area contributed by atoms with Crippen molar-refractivity contribution in [3.05, 3.63) is 0 Å². The predicted octanol–water partition coefficient (Wildman–Crippen LogP) is 5.90. The van der Waals surface area contributed by atoms with Crippen molar-refractivity contribution in [1.82, 2.24) is 5.32 Å². The number of carbonyl (C=O) groups excluding carboxylic acids is 1. The van der Waals surface area contributed by atoms with Gasteiger partial charge in [-0.2, -0.15) is 0 Å². The van der Waals surface area contributed by atoms with Gasteiger partial charge in [0, 0.05) is 13.5 Å². The molecule has 0 spiro atoms. The first kappa shape index (κ1) is 33.5. The van der Waals surface area contributed by atoms with Gasteiger partial charge in [0.25, 0.3) is 0 Å². The zero-order chi connectivity index (χ0) is 25.7. The van der Waals surface area contributed by atoms with Gasteiger partial charge in [-0.3, -0.25) is 9.36 Å². The first-order valence-electron chi connectivity index (χ1n) is 13.7. The highest BCUT2D eigenvalue weighted by Crippen LogP contribution is 2.41. The van der Waals surface area contributed by atoms with Crippen LogP contribution in [0.2, 0.25) is 0 Å². The smallest absolute Gasteiger partial charge is 0.333 e. The molecule has 0 aromatic rings. The van der Waals surface area contributed by atoms with Crippen molar-refractivity contribution in [1.29, 1.82) is 0 Å². The molecule has 8 heteroatoms. The molecule has 0 aliphatic rings. The van der Waals surface area contributed by atoms with Gasteiger partial charge in [-0.05, 0) is 6.42 Å². The number of hydrogen-bond acceptors (Lipinski definition) is 4. The minimum absolute atomic E-state index is 0.0246. The summed E-state index contributed by atoms with van der Waals surface area (Å²) in [5.74, 6) is -0.201. The minimum Gasteiger partial charge on any atom is -0.379 e. The quantitative estimate of drug-likeness (QED) is 0.0966. The molecule has 1 amide bonds. The summed E-state index contributed by atoms with van der Waals surface area (Å²) in [5.41, 5.74) is 0. The fourth-order valence-electron chi connectivity index (χ4n) is 3.74. The van der Waals surface area contributed by atoms with E-state index in [2.05, 4.69) is 12.2 Å². The molecule has 0 rings (SSSR count). The van der Waals surface area contributed by atoms with E-state index in [-0.39, 0.29) is 25.3 Å². The van der Waals surface area contributed by atoms with Crippen LogP contribution in [0, 0.1) is 0 Å². The molecule has 7 nitrogen and oxygen atoms in total. The molecule has 0 saturated heterocycles. The zero-order valence-corrected chi connectivity index (χ0v) is 23.9. The number of amides is 1. The van der Waals surface area contributed by atoms with E-state index in [1.165, 1.54) is 84.0 Å². The number of nitrogens with zero attached hydrogens (tertiary/aromatic N) is 1. The molecular weight excluding hydrogens is 451 g/mol. The molecule has 0 radical (unpaired) electrons. The molecule has 0 aliphatic carbocycles. The van der Waals surface area contributed by atoms with Crippen LogP contribution < -0.4 is 5.32 Å². The number of rotatable bonds is 24. The van der Waals surface area contributed by atoms with E-state index in [9.17, 15) is 14.3 Å². The summed E-state index contributed by atoms with van der Waals surface area (Å²) in [5, 5.41) is 2.75. The van der Waals surface area contributed by atoms with E-state index in [4.69, 9.17) is 9.26 Å². The van der Waals surface area contributed by atoms with Crippen LogP contribution in [-0.2, 0) is 18.6 Å². The Bertz CT molecular complexity index is 540. The minimum atomic E-state index is -3.68. The van der Waals surface area contributed by atoms with Crippen LogP contribution in [0.1, 0.15) is 104 Å². The van der Waals surface area contributed by atoms with E-state index >= 15 is 0 Å². The second kappa shape index (κ2) is 20.7. The van der Waals surface area contributed by atoms with E-state index in [1.54, 1.807) is 0 Å². The lowest BCUT2D eigenvalue weighted by Crippen LogP contribution is -2.40. The van der Waals surface area contributed by atoms with Gasteiger partial charge in [0.15, 0.2) is 0 Å². The maximum absolute atomic E-state index is 12.2. The van der Waals surface area contributed by atoms with E-state index in [1.807, 2.05) is 21.1 Å². The standard InChI is InChI=1S/C26H55N2O5P/c1-6-7-8-9-10-11-12-13-14-15-16-17-18-19-21-32-23-26(27-25(2)29)24-33-34(30,31)22-20-28(3,4)5/h26H,6-24H2,1-5H3,(H-,27,29,30,31)/p+1. The number of unbranched alkanes of at least 4 members (excludes halogenated alkanes) is 13. The van der Waals surface area contributed by atoms with Gasteiger partial charge >= 0.3 is 7.60 Å². The Kier molecular flexibility index (Phi) is 20.4. The largest absolute Gasteiger partial charge is 0.379 e. The third kappa shape index (κ3) is 24.7. The van der Waals surface area contributed by atoms with Crippen LogP contribution in [0.3, 0.4) is 0 Å². The molecule has 2 unspecified atom stereocenters. The van der Waals surface area contributed by atoms with Gasteiger partial charge < -0.3 is 24.0 Å². The number of ether oxygens (including phenoxy) is 1. The number of hydrogen-bond donors (Lipinski definition) is 2. The lowest BCUT2D eigenvalue weighted by Gasteiger charge is -2.25. The molecule has 0 aliphatic heterocycles. The molecule has 2 atom stereocenters. The third-order valence-corrected chi connectivity index (χ3v) is 7.22. The summed E-state index contributed by atoms with van der Waals surface area (Å²) in [7, 11) is 2.21. The number of carbonyl (C=O) groups is 1. The van der Waals surface area contributed by atoms with Gasteiger partial charge in [0.1, 0.15) is 0 Å². The normalized spacial score (nSPS) is 14.6. The van der Waals surface area contributed by atoms with Crippen LogP contribution in [0.4, 0.5) is 0 Å². The summed E-state index contributed by atoms with van der Waals surface area (Å²) in [6.45, 7) is 5.12. The molecule has 0 saturated carbocycles. The summed E-state index contributed by atoms with van der Waals surface area (Å²) in [6.07, 6.45) is 18.5. The fourth-order valence-corrected chi connectivity index (χ4v) is 5.14. The monoisotopic (exact) mass is 507 g/mol. The van der Waals surface area contributed by atoms with Crippen LogP contribution >= 0.6 is 7.60 Å². The van der Waals surface area contributed by atoms with Crippen LogP contribution in [0.15, 0.2) is 0 Å². The molecule has 34 heavy (non-hydrogen) atoms. The highest BCUT2D eigenvalue weighted by Gasteiger charge is 2.25. The Morgan fingerprint density at radius 3 is 1.76 bits per heavy atom. The third-order valence-electron chi connectivity index (χ3n) is 5.90. The summed E-state index contributed by atoms with van der Waals surface area (Å²) >= 11 is 0. The summed E-state index contributed by atoms with van der Waals surface area (Å²) < 4.78 is 23.8. The molecule has 0 heterocycles. The average Bonchev–Trinajstić information content (AvgIpc) is 2.75. The SMILES string of the molecule is CCCCCCCCCCCCCCCCOCC(COP(=O)(O)CC[N+](C)(C)C)NC(C)=O. The van der Waals surface area contributed by atoms with Gasteiger partial charge in [0.05, 0.1) is 53.1 Å². The topological polar surface area (TPSA) is 84.9 Å². The second-order valence-corrected chi connectivity index (χ2v) is 12.7. The molecule has 0 fully saturated rings. The lowest BCUT2D eigenvalue weighted by molar-refractivity contribution is -0.867. The maximum Gasteiger partial charge on any atom is 0.333 e. The number of quaternary nitrogens is 1. The lowest BCUT2D eigenvalue weighted by atomic mass is 10.0. The zero-order valence-electron chi connectivity index (χ0n) is 23.0. The molecule has 0 aromatic carbocycles. The van der Waals surface area contributed by atoms with Crippen LogP contribution in [-0.4, -0.2) is 75.0 Å². The van der Waals surface area contributed by atoms with Gasteiger partial charge in [-0.25, -0.2) is 0 Å². The highest BCUT2D eigenvalue weighted by molar-refractivity contribution is 7.52. The Morgan fingerprint density at radius 1 is 0.853 bits per heavy atom. The molecule has 204 valence electrons. The summed E-state index contributed by atoms with van der Waals surface area (Å²) in [4.78, 5) is 21.5. The van der Waals surface area contributed by atoms with E-state index in [0.29, 0.717) is 17.6 Å². The molecule has 2 N–H and O–H groups in total. The van der Waals surface area contributed by atoms with Crippen molar-refractivity contribution in [2.24, 2.45) is 0 Å². The number of nitrogens with one attached hydrogen (secondary N) is 1. The Labute approximate surface area is 210 Å². The molecule has 0 bridgehead atoms. The van der Waals surface area contributed by atoms with Crippen molar-refractivity contribution < 1.29 is 28.0 Å². The van der Waals surface area contributed by atoms with Gasteiger partial charge in [-0.1, -0.05) is 90.4 Å². The van der Waals surface area contributed by atoms with Crippen LogP contribution in [0.25, 0.3) is 0 Å². The van der Waals surface area contributed by atoms with Crippen molar-refractivity contribution in [3.8, 4) is 0 Å². The average molecular weight is 508 g/mol. The van der Waals surface area contributed by atoms with Crippen molar-refractivity contribution in [2.75, 3.05) is 53.7 Å². The molecule has 0 aromatic heterocycles. The Balaban J connectivity index is 3.76. The van der Waals surface area contributed by atoms with E-state index in [0.717, 1.165) is 12.8 Å². The fraction of sp³-hybridized carbons (Fsp3) is 0.962. The van der Waals surface area contributed by atoms with Crippen LogP contribution in [0.5, 0.6) is 0 Å². The predicted molar refractivity (Wildman–Crippen MR) is 142 cm³/mol. The van der Waals surface area contributed by atoms with E-state index < -0.39 is 13.6 Å². The molecular formula is C26H56N2O5P+. The van der Waals surface area contributed by atoms with Gasteiger partial charge in [-0.15, -0.1) is 0 Å². The van der Waals surface area contributed by atoms with Crippen molar-refractivity contribution >= 4 is 13.5 Å². The van der Waals surface area contributed by atoms with Gasteiger partial charge in [0.2, 0.25) is 5.91 Å². The Hall–Kier alpha value is -0.460. The summed E-state index contributed by atoms with van der Waals surface area (Å²) in [6, 6.07) is -0.422.